The fraction of sp³-hybridized carbons (Fsp3) is 0.412. The van der Waals surface area contributed by atoms with Crippen molar-refractivity contribution in [3.63, 3.8) is 0 Å². The van der Waals surface area contributed by atoms with Crippen LogP contribution in [0.2, 0.25) is 0 Å². The number of nitrogens with one attached hydrogen (secondary N) is 1. The Labute approximate surface area is 121 Å². The third-order valence-corrected chi connectivity index (χ3v) is 3.38. The van der Waals surface area contributed by atoms with Crippen molar-refractivity contribution in [3.05, 3.63) is 59.2 Å². The van der Waals surface area contributed by atoms with Crippen LogP contribution in [0.25, 0.3) is 0 Å². The fourth-order valence-corrected chi connectivity index (χ4v) is 2.14. The van der Waals surface area contributed by atoms with Gasteiger partial charge < -0.3 is 5.32 Å². The zero-order valence-corrected chi connectivity index (χ0v) is 12.6. The fourth-order valence-electron chi connectivity index (χ4n) is 2.14. The molecule has 0 aliphatic carbocycles. The maximum atomic E-state index is 4.48. The summed E-state index contributed by atoms with van der Waals surface area (Å²) in [6, 6.07) is 8.79. The van der Waals surface area contributed by atoms with E-state index < -0.39 is 0 Å². The van der Waals surface area contributed by atoms with Crippen LogP contribution < -0.4 is 5.32 Å². The first-order chi connectivity index (χ1) is 9.74. The Bertz CT molecular complexity index is 517. The molecule has 0 saturated carbocycles. The second-order valence-corrected chi connectivity index (χ2v) is 5.10. The van der Waals surface area contributed by atoms with Gasteiger partial charge in [0.05, 0.1) is 6.04 Å². The lowest BCUT2D eigenvalue weighted by atomic mass is 10.0. The summed E-state index contributed by atoms with van der Waals surface area (Å²) in [6.45, 7) is 7.30. The molecule has 1 unspecified atom stereocenters. The normalized spacial score (nSPS) is 12.3. The van der Waals surface area contributed by atoms with E-state index in [0.29, 0.717) is 0 Å². The minimum absolute atomic E-state index is 0.0708. The van der Waals surface area contributed by atoms with Crippen LogP contribution in [0.1, 0.15) is 48.8 Å². The van der Waals surface area contributed by atoms with Crippen LogP contribution in [-0.4, -0.2) is 16.5 Å². The molecular weight excluding hydrogens is 246 g/mol. The summed E-state index contributed by atoms with van der Waals surface area (Å²) in [5.74, 6) is 0.841. The first kappa shape index (κ1) is 14.7. The first-order valence-corrected chi connectivity index (χ1v) is 7.35. The molecule has 1 aromatic carbocycles. The zero-order valence-electron chi connectivity index (χ0n) is 12.6. The van der Waals surface area contributed by atoms with Gasteiger partial charge in [-0.1, -0.05) is 38.1 Å². The lowest BCUT2D eigenvalue weighted by Crippen LogP contribution is -2.25. The number of rotatable bonds is 6. The number of benzene rings is 1. The van der Waals surface area contributed by atoms with E-state index in [2.05, 4.69) is 53.4 Å². The number of aryl methyl sites for hydroxylation is 2. The van der Waals surface area contributed by atoms with E-state index >= 15 is 0 Å². The third kappa shape index (κ3) is 3.64. The lowest BCUT2D eigenvalue weighted by molar-refractivity contribution is 0.571. The van der Waals surface area contributed by atoms with Crippen molar-refractivity contribution in [3.8, 4) is 0 Å². The second kappa shape index (κ2) is 7.15. The van der Waals surface area contributed by atoms with Gasteiger partial charge in [0.15, 0.2) is 0 Å². The van der Waals surface area contributed by atoms with Crippen molar-refractivity contribution >= 4 is 0 Å². The summed E-state index contributed by atoms with van der Waals surface area (Å²) in [5, 5.41) is 3.53. The number of hydrogen-bond donors (Lipinski definition) is 1. The quantitative estimate of drug-likeness (QED) is 0.873. The van der Waals surface area contributed by atoms with E-state index in [4.69, 9.17) is 0 Å². The highest BCUT2D eigenvalue weighted by Crippen LogP contribution is 2.19. The van der Waals surface area contributed by atoms with Gasteiger partial charge in [0.2, 0.25) is 0 Å². The maximum Gasteiger partial charge on any atom is 0.149 e. The standard InChI is InChI=1S/C17H23N3/c1-4-10-18-16(17-19-11-13(3)12-20-17)15-8-6-14(5-2)7-9-15/h6-9,11-12,16,18H,4-5,10H2,1-3H3. The SMILES string of the molecule is CCCNC(c1ccc(CC)cc1)c1ncc(C)cn1. The van der Waals surface area contributed by atoms with Gasteiger partial charge in [0.1, 0.15) is 5.82 Å². The molecule has 2 rings (SSSR count). The Balaban J connectivity index is 2.27. The Morgan fingerprint density at radius 2 is 1.70 bits per heavy atom. The van der Waals surface area contributed by atoms with Crippen LogP contribution in [0.15, 0.2) is 36.7 Å². The third-order valence-electron chi connectivity index (χ3n) is 3.38. The summed E-state index contributed by atoms with van der Waals surface area (Å²) < 4.78 is 0. The molecule has 3 heteroatoms. The molecule has 20 heavy (non-hydrogen) atoms. The van der Waals surface area contributed by atoms with Gasteiger partial charge in [0, 0.05) is 12.4 Å². The molecule has 2 aromatic rings. The number of aromatic nitrogens is 2. The second-order valence-electron chi connectivity index (χ2n) is 5.10. The molecule has 1 aromatic heterocycles. The summed E-state index contributed by atoms with van der Waals surface area (Å²) >= 11 is 0. The van der Waals surface area contributed by atoms with Crippen molar-refractivity contribution in [1.82, 2.24) is 15.3 Å². The van der Waals surface area contributed by atoms with Crippen molar-refractivity contribution in [2.24, 2.45) is 0 Å². The highest BCUT2D eigenvalue weighted by molar-refractivity contribution is 5.29. The smallest absolute Gasteiger partial charge is 0.149 e. The molecule has 1 heterocycles. The Kier molecular flexibility index (Phi) is 5.24. The van der Waals surface area contributed by atoms with Crippen molar-refractivity contribution < 1.29 is 0 Å². The van der Waals surface area contributed by atoms with Crippen LogP contribution in [0.3, 0.4) is 0 Å². The van der Waals surface area contributed by atoms with Crippen LogP contribution in [0.4, 0.5) is 0 Å². The summed E-state index contributed by atoms with van der Waals surface area (Å²) in [5.41, 5.74) is 3.66. The van der Waals surface area contributed by atoms with Gasteiger partial charge in [0.25, 0.3) is 0 Å². The number of nitrogens with zero attached hydrogens (tertiary/aromatic N) is 2. The molecule has 0 amide bonds. The summed E-state index contributed by atoms with van der Waals surface area (Å²) in [6.07, 6.45) is 5.91. The molecule has 0 fully saturated rings. The van der Waals surface area contributed by atoms with Gasteiger partial charge in [-0.15, -0.1) is 0 Å². The molecule has 1 N–H and O–H groups in total. The maximum absolute atomic E-state index is 4.48. The van der Waals surface area contributed by atoms with Crippen LogP contribution >= 0.6 is 0 Å². The zero-order chi connectivity index (χ0) is 14.4. The lowest BCUT2D eigenvalue weighted by Gasteiger charge is -2.18. The minimum Gasteiger partial charge on any atom is -0.304 e. The molecule has 0 aliphatic rings. The van der Waals surface area contributed by atoms with E-state index in [-0.39, 0.29) is 6.04 Å². The highest BCUT2D eigenvalue weighted by Gasteiger charge is 2.15. The van der Waals surface area contributed by atoms with E-state index in [1.165, 1.54) is 11.1 Å². The summed E-state index contributed by atoms with van der Waals surface area (Å²) in [4.78, 5) is 8.95. The van der Waals surface area contributed by atoms with Crippen LogP contribution in [0.5, 0.6) is 0 Å². The van der Waals surface area contributed by atoms with Crippen molar-refractivity contribution in [2.45, 2.75) is 39.7 Å². The molecule has 1 atom stereocenters. The summed E-state index contributed by atoms with van der Waals surface area (Å²) in [7, 11) is 0. The largest absolute Gasteiger partial charge is 0.304 e. The van der Waals surface area contributed by atoms with Gasteiger partial charge in [-0.05, 0) is 43.0 Å². The predicted octanol–water partition coefficient (Wildman–Crippen LogP) is 3.44. The van der Waals surface area contributed by atoms with Gasteiger partial charge >= 0.3 is 0 Å². The van der Waals surface area contributed by atoms with Crippen molar-refractivity contribution in [1.29, 1.82) is 0 Å². The Morgan fingerprint density at radius 3 is 2.25 bits per heavy atom. The molecule has 3 nitrogen and oxygen atoms in total. The van der Waals surface area contributed by atoms with Crippen LogP contribution in [0, 0.1) is 6.92 Å². The molecule has 0 saturated heterocycles. The van der Waals surface area contributed by atoms with Gasteiger partial charge in [-0.2, -0.15) is 0 Å². The van der Waals surface area contributed by atoms with Crippen molar-refractivity contribution in [2.75, 3.05) is 6.54 Å². The molecule has 106 valence electrons. The van der Waals surface area contributed by atoms with E-state index in [0.717, 1.165) is 30.8 Å². The van der Waals surface area contributed by atoms with E-state index in [9.17, 15) is 0 Å². The van der Waals surface area contributed by atoms with Crippen LogP contribution in [-0.2, 0) is 6.42 Å². The van der Waals surface area contributed by atoms with Gasteiger partial charge in [-0.3, -0.25) is 0 Å². The van der Waals surface area contributed by atoms with Gasteiger partial charge in [-0.25, -0.2) is 9.97 Å². The molecule has 0 radical (unpaired) electrons. The predicted molar refractivity (Wildman–Crippen MR) is 82.7 cm³/mol. The Morgan fingerprint density at radius 1 is 1.05 bits per heavy atom. The molecule has 0 bridgehead atoms. The molecule has 0 aliphatic heterocycles. The molecule has 0 spiro atoms. The number of hydrogen-bond acceptors (Lipinski definition) is 3. The highest BCUT2D eigenvalue weighted by atomic mass is 15.0. The molecular formula is C17H23N3. The first-order valence-electron chi connectivity index (χ1n) is 7.35. The average molecular weight is 269 g/mol. The topological polar surface area (TPSA) is 37.8 Å². The van der Waals surface area contributed by atoms with E-state index in [1.54, 1.807) is 0 Å². The van der Waals surface area contributed by atoms with E-state index in [1.807, 2.05) is 19.3 Å². The average Bonchev–Trinajstić information content (AvgIpc) is 2.50. The monoisotopic (exact) mass is 269 g/mol. The minimum atomic E-state index is 0.0708. The Hall–Kier alpha value is -1.74.